The summed E-state index contributed by atoms with van der Waals surface area (Å²) in [5.41, 5.74) is 0. The third-order valence-electron chi connectivity index (χ3n) is 4.43. The zero-order chi connectivity index (χ0) is 14.5. The standard InChI is InChI=1S/C15H25NO4/c1-11-9-13(6-8-20-11)15(19)16-7-2-3-12(10-16)4-5-14(17)18/h11-13H,2-10H2,1H3,(H,17,18)/t11-,12+,13-/m1/s1. The van der Waals surface area contributed by atoms with Gasteiger partial charge in [-0.15, -0.1) is 0 Å². The minimum Gasteiger partial charge on any atom is -0.481 e. The molecule has 0 spiro atoms. The van der Waals surface area contributed by atoms with Crippen LogP contribution in [-0.2, 0) is 14.3 Å². The highest BCUT2D eigenvalue weighted by molar-refractivity contribution is 5.79. The van der Waals surface area contributed by atoms with Gasteiger partial charge in [0, 0.05) is 32.0 Å². The van der Waals surface area contributed by atoms with E-state index >= 15 is 0 Å². The van der Waals surface area contributed by atoms with Gasteiger partial charge in [-0.25, -0.2) is 0 Å². The molecule has 2 heterocycles. The van der Waals surface area contributed by atoms with Crippen molar-refractivity contribution in [1.82, 2.24) is 4.90 Å². The van der Waals surface area contributed by atoms with Crippen LogP contribution in [0.3, 0.4) is 0 Å². The van der Waals surface area contributed by atoms with Crippen molar-refractivity contribution in [3.05, 3.63) is 0 Å². The van der Waals surface area contributed by atoms with E-state index in [1.165, 1.54) is 0 Å². The summed E-state index contributed by atoms with van der Waals surface area (Å²) in [6, 6.07) is 0. The molecule has 1 N–H and O–H groups in total. The second-order valence-electron chi connectivity index (χ2n) is 6.13. The summed E-state index contributed by atoms with van der Waals surface area (Å²) in [5.74, 6) is -0.0510. The molecule has 0 aromatic carbocycles. The summed E-state index contributed by atoms with van der Waals surface area (Å²) in [7, 11) is 0. The van der Waals surface area contributed by atoms with Crippen molar-refractivity contribution in [3.8, 4) is 0 Å². The number of carbonyl (C=O) groups excluding carboxylic acids is 1. The Balaban J connectivity index is 1.84. The Morgan fingerprint density at radius 2 is 2.15 bits per heavy atom. The van der Waals surface area contributed by atoms with Crippen LogP contribution in [0, 0.1) is 11.8 Å². The zero-order valence-corrected chi connectivity index (χ0v) is 12.2. The minimum atomic E-state index is -0.744. The number of carbonyl (C=O) groups is 2. The molecule has 0 aliphatic carbocycles. The molecule has 5 heteroatoms. The first-order valence-corrected chi connectivity index (χ1v) is 7.68. The molecule has 5 nitrogen and oxygen atoms in total. The van der Waals surface area contributed by atoms with Crippen molar-refractivity contribution in [2.75, 3.05) is 19.7 Å². The van der Waals surface area contributed by atoms with Crippen LogP contribution < -0.4 is 0 Å². The van der Waals surface area contributed by atoms with Crippen LogP contribution in [0.2, 0.25) is 0 Å². The highest BCUT2D eigenvalue weighted by atomic mass is 16.5. The second kappa shape index (κ2) is 7.07. The van der Waals surface area contributed by atoms with Crippen LogP contribution in [0.4, 0.5) is 0 Å². The zero-order valence-electron chi connectivity index (χ0n) is 12.2. The van der Waals surface area contributed by atoms with Crippen molar-refractivity contribution in [3.63, 3.8) is 0 Å². The van der Waals surface area contributed by atoms with E-state index in [9.17, 15) is 9.59 Å². The highest BCUT2D eigenvalue weighted by Crippen LogP contribution is 2.26. The van der Waals surface area contributed by atoms with Gasteiger partial charge in [0.1, 0.15) is 0 Å². The molecule has 1 amide bonds. The van der Waals surface area contributed by atoms with E-state index in [0.717, 1.165) is 38.8 Å². The third-order valence-corrected chi connectivity index (χ3v) is 4.43. The number of rotatable bonds is 4. The largest absolute Gasteiger partial charge is 0.481 e. The molecule has 2 rings (SSSR count). The number of carboxylic acids is 1. The van der Waals surface area contributed by atoms with Crippen LogP contribution in [0.15, 0.2) is 0 Å². The van der Waals surface area contributed by atoms with E-state index < -0.39 is 5.97 Å². The van der Waals surface area contributed by atoms with Gasteiger partial charge in [-0.05, 0) is 44.9 Å². The summed E-state index contributed by atoms with van der Waals surface area (Å²) < 4.78 is 5.50. The smallest absolute Gasteiger partial charge is 0.303 e. The van der Waals surface area contributed by atoms with Crippen LogP contribution in [0.1, 0.15) is 45.4 Å². The molecule has 2 fully saturated rings. The molecule has 0 aromatic rings. The molecule has 114 valence electrons. The molecule has 0 radical (unpaired) electrons. The number of carboxylic acid groups (broad SMARTS) is 1. The van der Waals surface area contributed by atoms with E-state index in [4.69, 9.17) is 9.84 Å². The number of hydrogen-bond donors (Lipinski definition) is 1. The van der Waals surface area contributed by atoms with Crippen molar-refractivity contribution in [1.29, 1.82) is 0 Å². The van der Waals surface area contributed by atoms with Gasteiger partial charge >= 0.3 is 5.97 Å². The molecule has 2 saturated heterocycles. The average Bonchev–Trinajstić information content (AvgIpc) is 2.44. The first-order valence-electron chi connectivity index (χ1n) is 7.68. The summed E-state index contributed by atoms with van der Waals surface area (Å²) in [4.78, 5) is 25.1. The van der Waals surface area contributed by atoms with E-state index in [0.29, 0.717) is 18.9 Å². The second-order valence-corrected chi connectivity index (χ2v) is 6.13. The molecular formula is C15H25NO4. The first-order chi connectivity index (χ1) is 9.56. The van der Waals surface area contributed by atoms with E-state index in [1.807, 2.05) is 11.8 Å². The maximum absolute atomic E-state index is 12.5. The average molecular weight is 283 g/mol. The van der Waals surface area contributed by atoms with Gasteiger partial charge in [-0.2, -0.15) is 0 Å². The summed E-state index contributed by atoms with van der Waals surface area (Å²) in [5, 5.41) is 8.76. The van der Waals surface area contributed by atoms with Crippen molar-refractivity contribution in [2.45, 2.75) is 51.6 Å². The molecule has 20 heavy (non-hydrogen) atoms. The normalized spacial score (nSPS) is 31.1. The van der Waals surface area contributed by atoms with Crippen LogP contribution in [0.5, 0.6) is 0 Å². The van der Waals surface area contributed by atoms with Crippen LogP contribution in [0.25, 0.3) is 0 Å². The van der Waals surface area contributed by atoms with Gasteiger partial charge in [0.25, 0.3) is 0 Å². The SMILES string of the molecule is C[C@@H]1C[C@H](C(=O)N2CCC[C@@H](CCC(=O)O)C2)CCO1. The lowest BCUT2D eigenvalue weighted by Crippen LogP contribution is -2.45. The lowest BCUT2D eigenvalue weighted by Gasteiger charge is -2.36. The summed E-state index contributed by atoms with van der Waals surface area (Å²) in [6.07, 6.45) is 4.74. The molecular weight excluding hydrogens is 258 g/mol. The lowest BCUT2D eigenvalue weighted by atomic mass is 9.90. The predicted octanol–water partition coefficient (Wildman–Crippen LogP) is 1.90. The topological polar surface area (TPSA) is 66.8 Å². The molecule has 0 saturated carbocycles. The van der Waals surface area contributed by atoms with Crippen LogP contribution >= 0.6 is 0 Å². The quantitative estimate of drug-likeness (QED) is 0.855. The van der Waals surface area contributed by atoms with Crippen molar-refractivity contribution in [2.24, 2.45) is 11.8 Å². The monoisotopic (exact) mass is 283 g/mol. The Kier molecular flexibility index (Phi) is 5.40. The molecule has 0 aromatic heterocycles. The maximum Gasteiger partial charge on any atom is 0.303 e. The minimum absolute atomic E-state index is 0.0944. The third kappa shape index (κ3) is 4.20. The Morgan fingerprint density at radius 3 is 2.85 bits per heavy atom. The number of aliphatic carboxylic acids is 1. The first kappa shape index (κ1) is 15.3. The number of amides is 1. The Morgan fingerprint density at radius 1 is 1.35 bits per heavy atom. The van der Waals surface area contributed by atoms with Gasteiger partial charge in [0.15, 0.2) is 0 Å². The number of ether oxygens (including phenoxy) is 1. The Bertz CT molecular complexity index is 358. The predicted molar refractivity (Wildman–Crippen MR) is 74.3 cm³/mol. The number of likely N-dealkylation sites (tertiary alicyclic amines) is 1. The number of piperidine rings is 1. The van der Waals surface area contributed by atoms with Gasteiger partial charge in [-0.1, -0.05) is 0 Å². The van der Waals surface area contributed by atoms with E-state index in [2.05, 4.69) is 0 Å². The van der Waals surface area contributed by atoms with Crippen molar-refractivity contribution < 1.29 is 19.4 Å². The Hall–Kier alpha value is -1.10. The van der Waals surface area contributed by atoms with Gasteiger partial charge in [0.2, 0.25) is 5.91 Å². The van der Waals surface area contributed by atoms with Crippen LogP contribution in [-0.4, -0.2) is 47.7 Å². The fourth-order valence-electron chi connectivity index (χ4n) is 3.31. The lowest BCUT2D eigenvalue weighted by molar-refractivity contribution is -0.142. The highest BCUT2D eigenvalue weighted by Gasteiger charge is 2.31. The van der Waals surface area contributed by atoms with Gasteiger partial charge < -0.3 is 14.7 Å². The molecule has 2 aliphatic rings. The van der Waals surface area contributed by atoms with E-state index in [1.54, 1.807) is 0 Å². The number of hydrogen-bond acceptors (Lipinski definition) is 3. The molecule has 3 atom stereocenters. The number of nitrogens with zero attached hydrogens (tertiary/aromatic N) is 1. The Labute approximate surface area is 120 Å². The molecule has 0 bridgehead atoms. The van der Waals surface area contributed by atoms with Crippen molar-refractivity contribution >= 4 is 11.9 Å². The summed E-state index contributed by atoms with van der Waals surface area (Å²) >= 11 is 0. The molecule has 0 unspecified atom stereocenters. The van der Waals surface area contributed by atoms with Gasteiger partial charge in [-0.3, -0.25) is 9.59 Å². The van der Waals surface area contributed by atoms with Gasteiger partial charge in [0.05, 0.1) is 6.10 Å². The fourth-order valence-corrected chi connectivity index (χ4v) is 3.31. The van der Waals surface area contributed by atoms with E-state index in [-0.39, 0.29) is 24.3 Å². The summed E-state index contributed by atoms with van der Waals surface area (Å²) in [6.45, 7) is 4.26. The fraction of sp³-hybridized carbons (Fsp3) is 0.867. The maximum atomic E-state index is 12.5. The molecule has 2 aliphatic heterocycles.